The van der Waals surface area contributed by atoms with Crippen molar-refractivity contribution >= 4 is 34.2 Å². The molecule has 1 saturated heterocycles. The molecule has 2 aliphatic rings. The minimum absolute atomic E-state index is 0.0303. The Morgan fingerprint density at radius 2 is 1.93 bits per heavy atom. The molecule has 1 fully saturated rings. The number of fused-ring (bicyclic) bond motifs is 3. The highest BCUT2D eigenvalue weighted by Gasteiger charge is 2.43. The zero-order valence-electron chi connectivity index (χ0n) is 16.8. The molecule has 6 heteroatoms. The zero-order chi connectivity index (χ0) is 20.9. The fourth-order valence-corrected chi connectivity index (χ4v) is 5.09. The summed E-state index contributed by atoms with van der Waals surface area (Å²) in [5.74, 6) is 0.0245. The number of nitrogens with zero attached hydrogens (tertiary/aromatic N) is 1. The summed E-state index contributed by atoms with van der Waals surface area (Å²) in [6.45, 7) is 3.48. The molecule has 1 spiro atoms. The van der Waals surface area contributed by atoms with Crippen LogP contribution >= 0.6 is 11.6 Å². The summed E-state index contributed by atoms with van der Waals surface area (Å²) < 4.78 is 6.21. The molecule has 5 nitrogen and oxygen atoms in total. The van der Waals surface area contributed by atoms with E-state index < -0.39 is 0 Å². The number of aromatic nitrogens is 1. The first-order chi connectivity index (χ1) is 14.4. The Labute approximate surface area is 180 Å². The minimum atomic E-state index is -0.268. The molecular weight excluding hydrogens is 400 g/mol. The number of nitrogens with one attached hydrogen (secondary N) is 1. The third-order valence-corrected chi connectivity index (χ3v) is 6.53. The van der Waals surface area contributed by atoms with Gasteiger partial charge in [0.1, 0.15) is 11.5 Å². The van der Waals surface area contributed by atoms with Crippen LogP contribution in [0.5, 0.6) is 0 Å². The Kier molecular flexibility index (Phi) is 4.68. The summed E-state index contributed by atoms with van der Waals surface area (Å²) in [6, 6.07) is 13.8. The maximum Gasteiger partial charge on any atom is 0.270 e. The quantitative estimate of drug-likeness (QED) is 0.670. The van der Waals surface area contributed by atoms with Gasteiger partial charge < -0.3 is 14.6 Å². The number of piperidine rings is 1. The molecule has 3 aromatic rings. The van der Waals surface area contributed by atoms with Crippen LogP contribution in [0.25, 0.3) is 10.9 Å². The van der Waals surface area contributed by atoms with Gasteiger partial charge in [0.2, 0.25) is 0 Å². The Balaban J connectivity index is 1.37. The van der Waals surface area contributed by atoms with Crippen LogP contribution in [0, 0.1) is 0 Å². The summed E-state index contributed by atoms with van der Waals surface area (Å²) in [5, 5.41) is 1.41. The maximum atomic E-state index is 13.2. The lowest BCUT2D eigenvalue weighted by atomic mass is 9.84. The van der Waals surface area contributed by atoms with Gasteiger partial charge in [-0.2, -0.15) is 0 Å². The predicted molar refractivity (Wildman–Crippen MR) is 116 cm³/mol. The number of carbonyl (C=O) groups is 2. The van der Waals surface area contributed by atoms with Crippen LogP contribution in [-0.4, -0.2) is 34.7 Å². The van der Waals surface area contributed by atoms with Crippen molar-refractivity contribution in [3.05, 3.63) is 69.9 Å². The molecule has 0 bridgehead atoms. The van der Waals surface area contributed by atoms with Crippen molar-refractivity contribution in [3.8, 4) is 0 Å². The number of hydrogen-bond acceptors (Lipinski definition) is 3. The van der Waals surface area contributed by atoms with Gasteiger partial charge in [-0.15, -0.1) is 0 Å². The predicted octanol–water partition coefficient (Wildman–Crippen LogP) is 4.61. The van der Waals surface area contributed by atoms with Crippen LogP contribution < -0.4 is 0 Å². The largest absolute Gasteiger partial charge is 0.365 e. The van der Waals surface area contributed by atoms with E-state index in [2.05, 4.69) is 23.2 Å². The van der Waals surface area contributed by atoms with Crippen molar-refractivity contribution in [2.45, 2.75) is 38.4 Å². The number of hydrogen-bond donors (Lipinski definition) is 1. The molecular formula is C24H23ClN2O3. The number of Topliss-reactive ketones (excluding diaryl/α,β-unsaturated/α-hetero) is 1. The van der Waals surface area contributed by atoms with Crippen molar-refractivity contribution in [2.24, 2.45) is 0 Å². The average Bonchev–Trinajstić information content (AvgIpc) is 3.30. The molecule has 0 atom stereocenters. The second-order valence-electron chi connectivity index (χ2n) is 8.32. The van der Waals surface area contributed by atoms with Crippen LogP contribution in [0.15, 0.2) is 42.5 Å². The SMILES string of the molecule is CC(=O)Cc1cc(Cl)cc2cc(C(=O)N3CCC4(CC3)OCc3ccccc34)[nH]c12. The van der Waals surface area contributed by atoms with E-state index in [1.165, 1.54) is 11.1 Å². The second-order valence-corrected chi connectivity index (χ2v) is 8.76. The fraction of sp³-hybridized carbons (Fsp3) is 0.333. The Morgan fingerprint density at radius 3 is 2.70 bits per heavy atom. The number of halogens is 1. The standard InChI is InChI=1S/C24H23ClN2O3/c1-15(28)10-17-11-19(25)12-18-13-21(26-22(17)18)23(29)27-8-6-24(7-9-27)20-5-3-2-4-16(20)14-30-24/h2-5,11-13,26H,6-10,14H2,1H3. The average molecular weight is 423 g/mol. The number of ether oxygens (including phenoxy) is 1. The van der Waals surface area contributed by atoms with E-state index in [0.717, 1.165) is 29.3 Å². The lowest BCUT2D eigenvalue weighted by Crippen LogP contribution is -2.45. The molecule has 0 unspecified atom stereocenters. The van der Waals surface area contributed by atoms with E-state index in [1.54, 1.807) is 13.0 Å². The van der Waals surface area contributed by atoms with E-state index in [9.17, 15) is 9.59 Å². The van der Waals surface area contributed by atoms with E-state index >= 15 is 0 Å². The summed E-state index contributed by atoms with van der Waals surface area (Å²) in [6.07, 6.45) is 1.86. The van der Waals surface area contributed by atoms with E-state index in [0.29, 0.717) is 30.4 Å². The van der Waals surface area contributed by atoms with E-state index in [1.807, 2.05) is 23.1 Å². The number of benzene rings is 2. The van der Waals surface area contributed by atoms with Crippen molar-refractivity contribution in [1.82, 2.24) is 9.88 Å². The molecule has 5 rings (SSSR count). The summed E-state index contributed by atoms with van der Waals surface area (Å²) >= 11 is 6.22. The number of amides is 1. The lowest BCUT2D eigenvalue weighted by Gasteiger charge is -2.39. The number of likely N-dealkylation sites (tertiary alicyclic amines) is 1. The highest BCUT2D eigenvalue weighted by molar-refractivity contribution is 6.31. The van der Waals surface area contributed by atoms with Crippen molar-refractivity contribution < 1.29 is 14.3 Å². The molecule has 1 N–H and O–H groups in total. The summed E-state index contributed by atoms with van der Waals surface area (Å²) in [7, 11) is 0. The van der Waals surface area contributed by atoms with Gasteiger partial charge in [0, 0.05) is 35.4 Å². The molecule has 30 heavy (non-hydrogen) atoms. The first-order valence-electron chi connectivity index (χ1n) is 10.3. The summed E-state index contributed by atoms with van der Waals surface area (Å²) in [4.78, 5) is 29.9. The Bertz CT molecular complexity index is 1160. The van der Waals surface area contributed by atoms with Crippen LogP contribution in [0.3, 0.4) is 0 Å². The van der Waals surface area contributed by atoms with Crippen molar-refractivity contribution in [2.75, 3.05) is 13.1 Å². The van der Waals surface area contributed by atoms with Crippen molar-refractivity contribution in [1.29, 1.82) is 0 Å². The molecule has 2 aliphatic heterocycles. The van der Waals surface area contributed by atoms with E-state index in [4.69, 9.17) is 16.3 Å². The number of rotatable bonds is 3. The molecule has 0 aliphatic carbocycles. The first-order valence-corrected chi connectivity index (χ1v) is 10.7. The van der Waals surface area contributed by atoms with Gasteiger partial charge in [-0.1, -0.05) is 35.9 Å². The fourth-order valence-electron chi connectivity index (χ4n) is 4.84. The Morgan fingerprint density at radius 1 is 1.17 bits per heavy atom. The van der Waals surface area contributed by atoms with Gasteiger partial charge in [0.05, 0.1) is 12.2 Å². The van der Waals surface area contributed by atoms with Gasteiger partial charge in [-0.25, -0.2) is 0 Å². The normalized spacial score (nSPS) is 17.5. The Hall–Kier alpha value is -2.63. The smallest absolute Gasteiger partial charge is 0.270 e. The van der Waals surface area contributed by atoms with Gasteiger partial charge in [0.15, 0.2) is 0 Å². The minimum Gasteiger partial charge on any atom is -0.365 e. The molecule has 0 saturated carbocycles. The van der Waals surface area contributed by atoms with Crippen LogP contribution in [-0.2, 0) is 28.2 Å². The molecule has 3 heterocycles. The highest BCUT2D eigenvalue weighted by Crippen LogP contribution is 2.44. The third-order valence-electron chi connectivity index (χ3n) is 6.32. The van der Waals surface area contributed by atoms with E-state index in [-0.39, 0.29) is 23.7 Å². The molecule has 0 radical (unpaired) electrons. The molecule has 2 aromatic carbocycles. The molecule has 1 amide bonds. The first kappa shape index (κ1) is 19.3. The third kappa shape index (κ3) is 3.22. The molecule has 1 aromatic heterocycles. The van der Waals surface area contributed by atoms with Crippen LogP contribution in [0.4, 0.5) is 0 Å². The topological polar surface area (TPSA) is 62.4 Å². The lowest BCUT2D eigenvalue weighted by molar-refractivity contribution is -0.116. The van der Waals surface area contributed by atoms with Crippen LogP contribution in [0.1, 0.15) is 46.9 Å². The number of H-pyrrole nitrogens is 1. The number of aromatic amines is 1. The van der Waals surface area contributed by atoms with Gasteiger partial charge in [-0.3, -0.25) is 9.59 Å². The highest BCUT2D eigenvalue weighted by atomic mass is 35.5. The monoisotopic (exact) mass is 422 g/mol. The zero-order valence-corrected chi connectivity index (χ0v) is 17.6. The van der Waals surface area contributed by atoms with Gasteiger partial charge in [-0.05, 0) is 54.7 Å². The van der Waals surface area contributed by atoms with Crippen LogP contribution in [0.2, 0.25) is 5.02 Å². The second kappa shape index (κ2) is 7.25. The molecule has 154 valence electrons. The number of carbonyl (C=O) groups excluding carboxylic acids is 2. The number of ketones is 1. The summed E-state index contributed by atoms with van der Waals surface area (Å²) in [5.41, 5.74) is 4.41. The van der Waals surface area contributed by atoms with Crippen molar-refractivity contribution in [3.63, 3.8) is 0 Å². The van der Waals surface area contributed by atoms with Gasteiger partial charge >= 0.3 is 0 Å². The maximum absolute atomic E-state index is 13.2. The van der Waals surface area contributed by atoms with Gasteiger partial charge in [0.25, 0.3) is 5.91 Å².